The van der Waals surface area contributed by atoms with Crippen LogP contribution in [-0.4, -0.2) is 12.0 Å². The highest BCUT2D eigenvalue weighted by Gasteiger charge is 2.13. The number of carbonyl (C=O) groups excluding carboxylic acids is 1. The van der Waals surface area contributed by atoms with E-state index in [2.05, 4.69) is 5.32 Å². The van der Waals surface area contributed by atoms with Gasteiger partial charge in [0.05, 0.1) is 12.7 Å². The molecule has 0 atom stereocenters. The molecule has 0 aliphatic carbocycles. The summed E-state index contributed by atoms with van der Waals surface area (Å²) < 4.78 is 10.8. The van der Waals surface area contributed by atoms with Gasteiger partial charge in [0.1, 0.15) is 11.1 Å². The second-order valence-electron chi connectivity index (χ2n) is 6.35. The topological polar surface area (TPSA) is 68.5 Å². The van der Waals surface area contributed by atoms with Gasteiger partial charge in [0.25, 0.3) is 5.91 Å². The number of carbonyl (C=O) groups is 1. The molecular weight excluding hydrogens is 330 g/mol. The fraction of sp³-hybridized carbons (Fsp3) is 0.238. The Morgan fingerprint density at radius 1 is 1.08 bits per heavy atom. The van der Waals surface area contributed by atoms with Crippen molar-refractivity contribution in [2.75, 3.05) is 0 Å². The Morgan fingerprint density at radius 3 is 2.65 bits per heavy atom. The number of hydrogen-bond donors (Lipinski definition) is 1. The van der Waals surface area contributed by atoms with Crippen molar-refractivity contribution in [1.29, 1.82) is 0 Å². The second-order valence-corrected chi connectivity index (χ2v) is 6.35. The van der Waals surface area contributed by atoms with Crippen LogP contribution in [0.15, 0.2) is 63.8 Å². The summed E-state index contributed by atoms with van der Waals surface area (Å²) in [5, 5.41) is 3.49. The minimum Gasteiger partial charge on any atom is -0.422 e. The Labute approximate surface area is 151 Å². The SMILES string of the molecule is CC(C)OCc1cccc(CNC(=O)c2cc3ccccc3oc2=O)c1. The first-order chi connectivity index (χ1) is 12.5. The lowest BCUT2D eigenvalue weighted by molar-refractivity contribution is 0.0657. The number of rotatable bonds is 6. The highest BCUT2D eigenvalue weighted by atomic mass is 16.5. The first-order valence-electron chi connectivity index (χ1n) is 8.53. The molecule has 3 aromatic rings. The maximum Gasteiger partial charge on any atom is 0.349 e. The summed E-state index contributed by atoms with van der Waals surface area (Å²) in [6.45, 7) is 4.81. The molecule has 3 rings (SSSR count). The van der Waals surface area contributed by atoms with E-state index in [1.165, 1.54) is 0 Å². The molecule has 2 aromatic carbocycles. The van der Waals surface area contributed by atoms with Crippen molar-refractivity contribution in [3.8, 4) is 0 Å². The zero-order chi connectivity index (χ0) is 18.5. The van der Waals surface area contributed by atoms with Crippen LogP contribution < -0.4 is 10.9 Å². The van der Waals surface area contributed by atoms with Crippen molar-refractivity contribution < 1.29 is 13.9 Å². The number of para-hydroxylation sites is 1. The van der Waals surface area contributed by atoms with Crippen LogP contribution in [0.3, 0.4) is 0 Å². The van der Waals surface area contributed by atoms with Gasteiger partial charge in [0, 0.05) is 11.9 Å². The van der Waals surface area contributed by atoms with E-state index in [0.29, 0.717) is 24.1 Å². The molecule has 26 heavy (non-hydrogen) atoms. The van der Waals surface area contributed by atoms with Gasteiger partial charge in [-0.15, -0.1) is 0 Å². The van der Waals surface area contributed by atoms with Crippen LogP contribution in [0.4, 0.5) is 0 Å². The Bertz CT molecular complexity index is 975. The smallest absolute Gasteiger partial charge is 0.349 e. The highest BCUT2D eigenvalue weighted by molar-refractivity contribution is 5.96. The molecule has 0 spiro atoms. The number of nitrogens with one attached hydrogen (secondary N) is 1. The van der Waals surface area contributed by atoms with Crippen LogP contribution in [0.25, 0.3) is 11.0 Å². The number of hydrogen-bond acceptors (Lipinski definition) is 4. The van der Waals surface area contributed by atoms with E-state index in [0.717, 1.165) is 11.1 Å². The average molecular weight is 351 g/mol. The van der Waals surface area contributed by atoms with Crippen molar-refractivity contribution in [3.63, 3.8) is 0 Å². The molecule has 5 heteroatoms. The molecule has 0 aliphatic heterocycles. The largest absolute Gasteiger partial charge is 0.422 e. The lowest BCUT2D eigenvalue weighted by atomic mass is 10.1. The van der Waals surface area contributed by atoms with E-state index in [9.17, 15) is 9.59 Å². The predicted octanol–water partition coefficient (Wildman–Crippen LogP) is 3.65. The van der Waals surface area contributed by atoms with Gasteiger partial charge in [-0.25, -0.2) is 4.79 Å². The summed E-state index contributed by atoms with van der Waals surface area (Å²) in [4.78, 5) is 24.4. The van der Waals surface area contributed by atoms with Crippen molar-refractivity contribution >= 4 is 16.9 Å². The molecule has 0 radical (unpaired) electrons. The van der Waals surface area contributed by atoms with Gasteiger partial charge in [-0.1, -0.05) is 42.5 Å². The van der Waals surface area contributed by atoms with Crippen LogP contribution in [0.2, 0.25) is 0 Å². The fourth-order valence-corrected chi connectivity index (χ4v) is 2.59. The monoisotopic (exact) mass is 351 g/mol. The van der Waals surface area contributed by atoms with E-state index < -0.39 is 11.5 Å². The molecule has 5 nitrogen and oxygen atoms in total. The van der Waals surface area contributed by atoms with E-state index in [1.54, 1.807) is 24.3 Å². The third kappa shape index (κ3) is 4.37. The number of amides is 1. The Kier molecular flexibility index (Phi) is 5.49. The molecule has 0 aliphatic rings. The zero-order valence-corrected chi connectivity index (χ0v) is 14.8. The van der Waals surface area contributed by atoms with Gasteiger partial charge in [-0.3, -0.25) is 4.79 Å². The van der Waals surface area contributed by atoms with Gasteiger partial charge in [-0.2, -0.15) is 0 Å². The van der Waals surface area contributed by atoms with Gasteiger partial charge >= 0.3 is 5.63 Å². The van der Waals surface area contributed by atoms with E-state index in [1.807, 2.05) is 44.2 Å². The third-order valence-corrected chi connectivity index (χ3v) is 3.91. The van der Waals surface area contributed by atoms with E-state index in [4.69, 9.17) is 9.15 Å². The summed E-state index contributed by atoms with van der Waals surface area (Å²) in [5.74, 6) is -0.451. The van der Waals surface area contributed by atoms with Gasteiger partial charge in [0.15, 0.2) is 0 Å². The quantitative estimate of drug-likeness (QED) is 0.688. The second kappa shape index (κ2) is 7.97. The lowest BCUT2D eigenvalue weighted by Crippen LogP contribution is -2.27. The number of fused-ring (bicyclic) bond motifs is 1. The molecular formula is C21H21NO4. The molecule has 1 aromatic heterocycles. The van der Waals surface area contributed by atoms with Gasteiger partial charge < -0.3 is 14.5 Å². The van der Waals surface area contributed by atoms with Crippen molar-refractivity contribution in [2.24, 2.45) is 0 Å². The zero-order valence-electron chi connectivity index (χ0n) is 14.8. The van der Waals surface area contributed by atoms with Crippen LogP contribution >= 0.6 is 0 Å². The first kappa shape index (κ1) is 17.9. The molecule has 0 saturated heterocycles. The maximum atomic E-state index is 12.4. The molecule has 1 heterocycles. The third-order valence-electron chi connectivity index (χ3n) is 3.91. The lowest BCUT2D eigenvalue weighted by Gasteiger charge is -2.10. The van der Waals surface area contributed by atoms with Crippen molar-refractivity contribution in [2.45, 2.75) is 33.1 Å². The van der Waals surface area contributed by atoms with Crippen LogP contribution in [0.5, 0.6) is 0 Å². The van der Waals surface area contributed by atoms with Crippen LogP contribution in [-0.2, 0) is 17.9 Å². The van der Waals surface area contributed by atoms with Crippen molar-refractivity contribution in [3.05, 3.63) is 81.7 Å². The van der Waals surface area contributed by atoms with Gasteiger partial charge in [0.2, 0.25) is 0 Å². The molecule has 1 N–H and O–H groups in total. The van der Waals surface area contributed by atoms with Crippen LogP contribution in [0.1, 0.15) is 35.3 Å². The van der Waals surface area contributed by atoms with E-state index in [-0.39, 0.29) is 11.7 Å². The Morgan fingerprint density at radius 2 is 1.85 bits per heavy atom. The number of benzene rings is 2. The molecule has 0 saturated carbocycles. The molecule has 0 unspecified atom stereocenters. The summed E-state index contributed by atoms with van der Waals surface area (Å²) in [6.07, 6.45) is 0.158. The summed E-state index contributed by atoms with van der Waals surface area (Å²) in [6, 6.07) is 16.5. The summed E-state index contributed by atoms with van der Waals surface area (Å²) in [7, 11) is 0. The normalized spacial score (nSPS) is 11.0. The summed E-state index contributed by atoms with van der Waals surface area (Å²) in [5.41, 5.74) is 1.80. The first-order valence-corrected chi connectivity index (χ1v) is 8.53. The van der Waals surface area contributed by atoms with Gasteiger partial charge in [-0.05, 0) is 37.1 Å². The van der Waals surface area contributed by atoms with Crippen molar-refractivity contribution in [1.82, 2.24) is 5.32 Å². The maximum absolute atomic E-state index is 12.4. The highest BCUT2D eigenvalue weighted by Crippen LogP contribution is 2.13. The average Bonchev–Trinajstić information content (AvgIpc) is 2.64. The minimum absolute atomic E-state index is 0.00277. The molecule has 134 valence electrons. The number of ether oxygens (including phenoxy) is 1. The van der Waals surface area contributed by atoms with Crippen LogP contribution in [0, 0.1) is 0 Å². The summed E-state index contributed by atoms with van der Waals surface area (Å²) >= 11 is 0. The standard InChI is InChI=1S/C21H21NO4/c1-14(2)25-13-16-7-5-6-15(10-16)12-22-20(23)18-11-17-8-3-4-9-19(17)26-21(18)24/h3-11,14H,12-13H2,1-2H3,(H,22,23). The predicted molar refractivity (Wildman–Crippen MR) is 100 cm³/mol. The molecule has 0 fully saturated rings. The Balaban J connectivity index is 1.70. The Hall–Kier alpha value is -2.92. The van der Waals surface area contributed by atoms with E-state index >= 15 is 0 Å². The fourth-order valence-electron chi connectivity index (χ4n) is 2.59. The minimum atomic E-state index is -0.639. The molecule has 1 amide bonds. The molecule has 0 bridgehead atoms.